The Labute approximate surface area is 200 Å². The Kier molecular flexibility index (Phi) is 7.04. The molecule has 2 aromatic rings. The van der Waals surface area contributed by atoms with E-state index in [1.807, 2.05) is 0 Å². The number of carbonyl (C=O) groups is 2. The van der Waals surface area contributed by atoms with Crippen LogP contribution >= 0.6 is 0 Å². The first kappa shape index (κ1) is 24.3. The van der Waals surface area contributed by atoms with Crippen LogP contribution in [0, 0.1) is 5.82 Å². The van der Waals surface area contributed by atoms with Crippen molar-refractivity contribution in [1.29, 1.82) is 0 Å². The minimum atomic E-state index is -0.821. The lowest BCUT2D eigenvalue weighted by Crippen LogP contribution is -2.42. The number of carbonyl (C=O) groups excluding carboxylic acids is 2. The summed E-state index contributed by atoms with van der Waals surface area (Å²) in [6.45, 7) is 5.34. The van der Waals surface area contributed by atoms with Crippen molar-refractivity contribution in [2.24, 2.45) is 0 Å². The highest BCUT2D eigenvalue weighted by molar-refractivity contribution is 7.91. The second-order valence-electron chi connectivity index (χ2n) is 9.39. The van der Waals surface area contributed by atoms with Crippen LogP contribution in [0.3, 0.4) is 0 Å². The molecule has 1 aromatic heterocycles. The van der Waals surface area contributed by atoms with Crippen LogP contribution in [0.5, 0.6) is 0 Å². The summed E-state index contributed by atoms with van der Waals surface area (Å²) < 4.78 is 42.3. The summed E-state index contributed by atoms with van der Waals surface area (Å²) in [7, 11) is 0. The number of halogens is 1. The van der Waals surface area contributed by atoms with Gasteiger partial charge in [0.2, 0.25) is 0 Å². The quantitative estimate of drug-likeness (QED) is 0.574. The van der Waals surface area contributed by atoms with Gasteiger partial charge in [-0.1, -0.05) is 22.4 Å². The Balaban J connectivity index is 1.46. The van der Waals surface area contributed by atoms with Gasteiger partial charge < -0.3 is 18.5 Å². The normalized spacial score (nSPS) is 23.0. The molecule has 34 heavy (non-hydrogen) atoms. The van der Waals surface area contributed by atoms with Gasteiger partial charge in [0, 0.05) is 6.07 Å². The molecule has 2 amide bonds. The molecule has 2 aliphatic heterocycles. The maximum absolute atomic E-state index is 14.9. The molecule has 1 atom stereocenters. The highest BCUT2D eigenvalue weighted by atomic mass is 32.2. The summed E-state index contributed by atoms with van der Waals surface area (Å²) in [6.07, 6.45) is 0.717. The number of hydrogen-bond acceptors (Lipinski definition) is 7. The second kappa shape index (κ2) is 9.83. The van der Waals surface area contributed by atoms with Gasteiger partial charge in [0.25, 0.3) is 0 Å². The summed E-state index contributed by atoms with van der Waals surface area (Å²) in [4.78, 5) is 27.9. The van der Waals surface area contributed by atoms with Gasteiger partial charge in [-0.15, -0.1) is 0 Å². The number of rotatable bonds is 5. The highest BCUT2D eigenvalue weighted by Crippen LogP contribution is 2.33. The van der Waals surface area contributed by atoms with Crippen molar-refractivity contribution in [3.8, 4) is 0 Å². The molecule has 9 nitrogen and oxygen atoms in total. The van der Waals surface area contributed by atoms with Crippen molar-refractivity contribution in [3.05, 3.63) is 41.9 Å². The fourth-order valence-corrected chi connectivity index (χ4v) is 5.37. The van der Waals surface area contributed by atoms with E-state index >= 15 is 0 Å². The number of amides is 2. The maximum atomic E-state index is 14.9. The van der Waals surface area contributed by atoms with Crippen molar-refractivity contribution in [2.75, 3.05) is 34.4 Å². The van der Waals surface area contributed by atoms with Gasteiger partial charge in [-0.2, -0.15) is 0 Å². The van der Waals surface area contributed by atoms with Gasteiger partial charge in [-0.25, -0.2) is 14.0 Å². The molecule has 2 aliphatic rings. The molecule has 0 aliphatic carbocycles. The van der Waals surface area contributed by atoms with Gasteiger partial charge in [0.1, 0.15) is 35.3 Å². The Morgan fingerprint density at radius 3 is 2.68 bits per heavy atom. The van der Waals surface area contributed by atoms with Crippen LogP contribution in [0.25, 0.3) is 0 Å². The zero-order chi connectivity index (χ0) is 24.5. The third kappa shape index (κ3) is 5.64. The largest absolute Gasteiger partial charge is 0.616 e. The zero-order valence-electron chi connectivity index (χ0n) is 19.4. The smallest absolute Gasteiger partial charge is 0.416 e. The second-order valence-corrected chi connectivity index (χ2v) is 11.1. The van der Waals surface area contributed by atoms with Crippen molar-refractivity contribution in [2.45, 2.75) is 51.2 Å². The lowest BCUT2D eigenvalue weighted by Gasteiger charge is -2.27. The van der Waals surface area contributed by atoms with Crippen molar-refractivity contribution in [1.82, 2.24) is 5.16 Å². The van der Waals surface area contributed by atoms with Gasteiger partial charge >= 0.3 is 12.2 Å². The Bertz CT molecular complexity index is 1020. The molecule has 3 heterocycles. The Morgan fingerprint density at radius 1 is 1.32 bits per heavy atom. The lowest BCUT2D eigenvalue weighted by atomic mass is 9.93. The monoisotopic (exact) mass is 493 g/mol. The fourth-order valence-electron chi connectivity index (χ4n) is 4.07. The van der Waals surface area contributed by atoms with Crippen molar-refractivity contribution < 1.29 is 32.5 Å². The van der Waals surface area contributed by atoms with E-state index in [0.717, 1.165) is 0 Å². The molecule has 0 radical (unpaired) electrons. The molecule has 1 aromatic carbocycles. The average Bonchev–Trinajstić information content (AvgIpc) is 3.41. The van der Waals surface area contributed by atoms with Gasteiger partial charge in [-0.3, -0.25) is 9.80 Å². The first-order chi connectivity index (χ1) is 16.1. The molecule has 11 heteroatoms. The number of aromatic nitrogens is 1. The van der Waals surface area contributed by atoms with Crippen LogP contribution in [0.1, 0.15) is 45.1 Å². The van der Waals surface area contributed by atoms with Gasteiger partial charge in [0.15, 0.2) is 5.82 Å². The standard InChI is InChI=1S/C23H28FN3O6S/c1-23(2,3)33-22(29)27(20-6-9-31-25-20)14-17-13-26(21(28)32-17)16-4-5-18(19(24)12-16)15-7-10-34(30)11-8-15/h4-6,9,12,15,17H,7-8,10-11,13-14H2,1-3H3/t15?,17-,34?/m1/s1. The molecule has 184 valence electrons. The van der Waals surface area contributed by atoms with Crippen LogP contribution in [0.15, 0.2) is 35.1 Å². The number of hydrogen-bond donors (Lipinski definition) is 0. The van der Waals surface area contributed by atoms with Crippen molar-refractivity contribution >= 4 is 34.9 Å². The summed E-state index contributed by atoms with van der Waals surface area (Å²) in [5.41, 5.74) is 0.217. The number of ether oxygens (including phenoxy) is 2. The molecule has 0 N–H and O–H groups in total. The van der Waals surface area contributed by atoms with Crippen molar-refractivity contribution in [3.63, 3.8) is 0 Å². The third-order valence-electron chi connectivity index (χ3n) is 5.70. The number of cyclic esters (lactones) is 1. The summed E-state index contributed by atoms with van der Waals surface area (Å²) >= 11 is -0.821. The zero-order valence-corrected chi connectivity index (χ0v) is 20.2. The lowest BCUT2D eigenvalue weighted by molar-refractivity contribution is 0.0556. The topological polar surface area (TPSA) is 108 Å². The van der Waals surface area contributed by atoms with Crippen LogP contribution < -0.4 is 9.80 Å². The molecule has 2 saturated heterocycles. The van der Waals surface area contributed by atoms with E-state index in [1.165, 1.54) is 28.2 Å². The molecule has 4 rings (SSSR count). The number of anilines is 2. The fraction of sp³-hybridized carbons (Fsp3) is 0.522. The minimum Gasteiger partial charge on any atom is -0.616 e. The Morgan fingerprint density at radius 2 is 2.06 bits per heavy atom. The van der Waals surface area contributed by atoms with E-state index < -0.39 is 40.9 Å². The molecule has 2 fully saturated rings. The van der Waals surface area contributed by atoms with E-state index in [2.05, 4.69) is 5.16 Å². The van der Waals surface area contributed by atoms with Crippen LogP contribution in [-0.4, -0.2) is 58.2 Å². The minimum absolute atomic E-state index is 0.0105. The van der Waals surface area contributed by atoms with Crippen LogP contribution in [0.2, 0.25) is 0 Å². The average molecular weight is 494 g/mol. The molecular formula is C23H28FN3O6S. The predicted molar refractivity (Wildman–Crippen MR) is 124 cm³/mol. The van der Waals surface area contributed by atoms with E-state index in [1.54, 1.807) is 32.9 Å². The molecule has 0 bridgehead atoms. The number of benzene rings is 1. The van der Waals surface area contributed by atoms with E-state index in [4.69, 9.17) is 14.0 Å². The van der Waals surface area contributed by atoms with E-state index in [9.17, 15) is 18.5 Å². The molecule has 0 saturated carbocycles. The van der Waals surface area contributed by atoms with Gasteiger partial charge in [-0.05, 0) is 57.2 Å². The first-order valence-corrected chi connectivity index (χ1v) is 12.6. The SMILES string of the molecule is CC(C)(C)OC(=O)N(C[C@H]1CN(c2ccc(C3CC[S+]([O-])CC3)c(F)c2)C(=O)O1)c1ccon1. The van der Waals surface area contributed by atoms with E-state index in [-0.39, 0.29) is 24.8 Å². The summed E-state index contributed by atoms with van der Waals surface area (Å²) in [5.74, 6) is 1.00. The summed E-state index contributed by atoms with van der Waals surface area (Å²) in [5, 5.41) is 3.80. The van der Waals surface area contributed by atoms with Crippen LogP contribution in [0.4, 0.5) is 25.5 Å². The molecular weight excluding hydrogens is 465 g/mol. The number of nitrogens with zero attached hydrogens (tertiary/aromatic N) is 3. The van der Waals surface area contributed by atoms with E-state index in [0.29, 0.717) is 35.6 Å². The molecule has 0 spiro atoms. The first-order valence-electron chi connectivity index (χ1n) is 11.1. The highest BCUT2D eigenvalue weighted by Gasteiger charge is 2.37. The third-order valence-corrected chi connectivity index (χ3v) is 7.08. The van der Waals surface area contributed by atoms with Crippen LogP contribution in [-0.2, 0) is 20.6 Å². The summed E-state index contributed by atoms with van der Waals surface area (Å²) in [6, 6.07) is 6.21. The van der Waals surface area contributed by atoms with Gasteiger partial charge in [0.05, 0.1) is 18.8 Å². The predicted octanol–water partition coefficient (Wildman–Crippen LogP) is 4.21. The molecule has 0 unspecified atom stereocenters. The maximum Gasteiger partial charge on any atom is 0.416 e. The Hall–Kier alpha value is -2.79.